The summed E-state index contributed by atoms with van der Waals surface area (Å²) in [6, 6.07) is 8.14. The zero-order chi connectivity index (χ0) is 18.4. The van der Waals surface area contributed by atoms with Gasteiger partial charge in [0, 0.05) is 19.0 Å². The molecule has 1 N–H and O–H groups in total. The van der Waals surface area contributed by atoms with Gasteiger partial charge in [0.15, 0.2) is 0 Å². The third-order valence-electron chi connectivity index (χ3n) is 6.12. The summed E-state index contributed by atoms with van der Waals surface area (Å²) in [6.07, 6.45) is 6.10. The third kappa shape index (κ3) is 3.13. The molecule has 2 aromatic rings. The van der Waals surface area contributed by atoms with E-state index in [1.54, 1.807) is 0 Å². The summed E-state index contributed by atoms with van der Waals surface area (Å²) in [6.45, 7) is 7.33. The molecule has 26 heavy (non-hydrogen) atoms. The highest BCUT2D eigenvalue weighted by molar-refractivity contribution is 5.94. The van der Waals surface area contributed by atoms with E-state index in [2.05, 4.69) is 22.3 Å². The van der Waals surface area contributed by atoms with Crippen LogP contribution in [0, 0.1) is 0 Å². The number of carbonyl (C=O) groups excluding carboxylic acids is 1. The van der Waals surface area contributed by atoms with Crippen LogP contribution in [0.5, 0.6) is 0 Å². The van der Waals surface area contributed by atoms with Gasteiger partial charge in [0.2, 0.25) is 5.91 Å². The van der Waals surface area contributed by atoms with Gasteiger partial charge >= 0.3 is 0 Å². The van der Waals surface area contributed by atoms with Gasteiger partial charge in [-0.1, -0.05) is 24.6 Å². The number of aromatic nitrogens is 2. The number of carbonyl (C=O) groups is 1. The van der Waals surface area contributed by atoms with Crippen LogP contribution in [0.4, 0.5) is 0 Å². The van der Waals surface area contributed by atoms with E-state index in [1.165, 1.54) is 32.4 Å². The summed E-state index contributed by atoms with van der Waals surface area (Å²) in [5.74, 6) is 0.0934. The third-order valence-corrected chi connectivity index (χ3v) is 6.12. The summed E-state index contributed by atoms with van der Waals surface area (Å²) in [7, 11) is 1.94. The molecule has 1 saturated carbocycles. The van der Waals surface area contributed by atoms with Crippen molar-refractivity contribution in [1.29, 1.82) is 0 Å². The fourth-order valence-corrected chi connectivity index (χ4v) is 4.20. The minimum atomic E-state index is -0.654. The van der Waals surface area contributed by atoms with Crippen LogP contribution in [-0.2, 0) is 17.3 Å². The van der Waals surface area contributed by atoms with E-state index in [9.17, 15) is 4.79 Å². The van der Waals surface area contributed by atoms with Gasteiger partial charge in [-0.15, -0.1) is 0 Å². The molecule has 2 fully saturated rings. The molecule has 5 nitrogen and oxygen atoms in total. The molecular weight excluding hydrogens is 324 g/mol. The van der Waals surface area contributed by atoms with Gasteiger partial charge < -0.3 is 10.2 Å². The Morgan fingerprint density at radius 1 is 1.19 bits per heavy atom. The van der Waals surface area contributed by atoms with Crippen LogP contribution < -0.4 is 5.32 Å². The number of amides is 1. The number of nitrogens with one attached hydrogen (secondary N) is 1. The largest absolute Gasteiger partial charge is 0.349 e. The Labute approximate surface area is 155 Å². The van der Waals surface area contributed by atoms with Gasteiger partial charge in [0.05, 0.1) is 22.2 Å². The molecule has 1 aromatic heterocycles. The van der Waals surface area contributed by atoms with E-state index in [0.29, 0.717) is 0 Å². The lowest BCUT2D eigenvalue weighted by Crippen LogP contribution is -2.52. The summed E-state index contributed by atoms with van der Waals surface area (Å²) in [4.78, 5) is 15.8. The van der Waals surface area contributed by atoms with E-state index >= 15 is 0 Å². The van der Waals surface area contributed by atoms with Gasteiger partial charge in [0.25, 0.3) is 0 Å². The second-order valence-electron chi connectivity index (χ2n) is 8.69. The van der Waals surface area contributed by atoms with Crippen LogP contribution in [0.25, 0.3) is 10.9 Å². The van der Waals surface area contributed by atoms with Crippen molar-refractivity contribution in [2.45, 2.75) is 56.9 Å². The molecule has 0 unspecified atom stereocenters. The molecule has 1 saturated heterocycles. The van der Waals surface area contributed by atoms with Crippen LogP contribution in [0.1, 0.15) is 51.6 Å². The smallest absolute Gasteiger partial charge is 0.232 e. The van der Waals surface area contributed by atoms with Gasteiger partial charge in [0.1, 0.15) is 0 Å². The molecule has 0 radical (unpaired) electrons. The van der Waals surface area contributed by atoms with Gasteiger partial charge in [-0.3, -0.25) is 9.48 Å². The molecule has 4 rings (SSSR count). The lowest BCUT2D eigenvalue weighted by Gasteiger charge is -2.33. The molecule has 140 valence electrons. The molecule has 2 heterocycles. The number of piperidine rings is 1. The Kier molecular flexibility index (Phi) is 4.30. The first kappa shape index (κ1) is 17.5. The van der Waals surface area contributed by atoms with Gasteiger partial charge in [-0.05, 0) is 58.7 Å². The number of fused-ring (bicyclic) bond motifs is 1. The molecule has 0 spiro atoms. The fourth-order valence-electron chi connectivity index (χ4n) is 4.20. The van der Waals surface area contributed by atoms with Crippen molar-refractivity contribution in [2.75, 3.05) is 19.6 Å². The maximum Gasteiger partial charge on any atom is 0.232 e. The normalized spacial score (nSPS) is 20.3. The molecule has 1 amide bonds. The van der Waals surface area contributed by atoms with Crippen molar-refractivity contribution in [3.63, 3.8) is 0 Å². The van der Waals surface area contributed by atoms with Crippen LogP contribution in [0.2, 0.25) is 0 Å². The summed E-state index contributed by atoms with van der Waals surface area (Å²) < 4.78 is 1.88. The van der Waals surface area contributed by atoms with Crippen molar-refractivity contribution in [3.8, 4) is 0 Å². The van der Waals surface area contributed by atoms with Crippen molar-refractivity contribution in [1.82, 2.24) is 20.0 Å². The second-order valence-corrected chi connectivity index (χ2v) is 8.69. The number of para-hydroxylation sites is 1. The maximum atomic E-state index is 13.2. The Balaban J connectivity index is 1.53. The first-order valence-corrected chi connectivity index (χ1v) is 9.89. The predicted molar refractivity (Wildman–Crippen MR) is 104 cm³/mol. The molecule has 1 aromatic carbocycles. The average Bonchev–Trinajstić information content (AvgIpc) is 3.29. The van der Waals surface area contributed by atoms with E-state index in [0.717, 1.165) is 36.0 Å². The molecular formula is C21H30N4O. The molecule has 5 heteroatoms. The first-order valence-electron chi connectivity index (χ1n) is 9.89. The molecule has 0 atom stereocenters. The Bertz CT molecular complexity index is 813. The van der Waals surface area contributed by atoms with Crippen molar-refractivity contribution in [2.24, 2.45) is 7.05 Å². The van der Waals surface area contributed by atoms with E-state index < -0.39 is 5.41 Å². The molecule has 0 bridgehead atoms. The highest BCUT2D eigenvalue weighted by atomic mass is 16.2. The Morgan fingerprint density at radius 3 is 2.58 bits per heavy atom. The average molecular weight is 354 g/mol. The van der Waals surface area contributed by atoms with E-state index in [1.807, 2.05) is 37.7 Å². The Hall–Kier alpha value is -1.88. The summed E-state index contributed by atoms with van der Waals surface area (Å²) in [5.41, 5.74) is 1.26. The predicted octanol–water partition coefficient (Wildman–Crippen LogP) is 2.99. The van der Waals surface area contributed by atoms with Gasteiger partial charge in [-0.2, -0.15) is 5.10 Å². The van der Waals surface area contributed by atoms with Crippen molar-refractivity contribution in [3.05, 3.63) is 30.0 Å². The van der Waals surface area contributed by atoms with Crippen molar-refractivity contribution < 1.29 is 4.79 Å². The summed E-state index contributed by atoms with van der Waals surface area (Å²) >= 11 is 0. The van der Waals surface area contributed by atoms with Gasteiger partial charge in [-0.25, -0.2) is 0 Å². The van der Waals surface area contributed by atoms with Crippen LogP contribution >= 0.6 is 0 Å². The molecule has 2 aliphatic rings. The quantitative estimate of drug-likeness (QED) is 0.898. The monoisotopic (exact) mass is 354 g/mol. The second kappa shape index (κ2) is 6.38. The number of rotatable bonds is 5. The zero-order valence-electron chi connectivity index (χ0n) is 16.2. The van der Waals surface area contributed by atoms with Crippen LogP contribution in [0.15, 0.2) is 24.3 Å². The number of hydrogen-bond acceptors (Lipinski definition) is 3. The van der Waals surface area contributed by atoms with E-state index in [4.69, 9.17) is 5.10 Å². The molecule has 1 aliphatic heterocycles. The number of benzene rings is 1. The minimum Gasteiger partial charge on any atom is -0.349 e. The number of likely N-dealkylation sites (tertiary alicyclic amines) is 1. The fraction of sp³-hybridized carbons (Fsp3) is 0.619. The SMILES string of the molecule is Cn1nc(C(C)(C)C(=O)NC2(CN3CCCCC3)CC2)c2ccccc21. The van der Waals surface area contributed by atoms with E-state index in [-0.39, 0.29) is 11.4 Å². The van der Waals surface area contributed by atoms with Crippen LogP contribution in [-0.4, -0.2) is 45.8 Å². The zero-order valence-corrected chi connectivity index (χ0v) is 16.2. The highest BCUT2D eigenvalue weighted by Gasteiger charge is 2.48. The number of aryl methyl sites for hydroxylation is 1. The number of hydrogen-bond donors (Lipinski definition) is 1. The topological polar surface area (TPSA) is 50.2 Å². The van der Waals surface area contributed by atoms with Crippen LogP contribution in [0.3, 0.4) is 0 Å². The maximum absolute atomic E-state index is 13.2. The lowest BCUT2D eigenvalue weighted by molar-refractivity contribution is -0.126. The Morgan fingerprint density at radius 2 is 1.88 bits per heavy atom. The first-order chi connectivity index (χ1) is 12.4. The lowest BCUT2D eigenvalue weighted by atomic mass is 9.86. The number of nitrogens with zero attached hydrogens (tertiary/aromatic N) is 3. The highest BCUT2D eigenvalue weighted by Crippen LogP contribution is 2.39. The molecule has 1 aliphatic carbocycles. The minimum absolute atomic E-state index is 0.0176. The standard InChI is InChI=1S/C21H30N4O/c1-20(2,18-16-9-5-6-10-17(16)24(3)23-18)19(26)22-21(11-12-21)15-25-13-7-4-8-14-25/h5-6,9-10H,4,7-8,11-15H2,1-3H3,(H,22,26). The summed E-state index contributed by atoms with van der Waals surface area (Å²) in [5, 5.41) is 9.16. The van der Waals surface area contributed by atoms with Crippen molar-refractivity contribution >= 4 is 16.8 Å².